The van der Waals surface area contributed by atoms with Crippen LogP contribution < -0.4 is 0 Å². The number of hydrogen-bond donors (Lipinski definition) is 0. The van der Waals surface area contributed by atoms with Crippen LogP contribution in [0.4, 0.5) is 8.78 Å². The normalized spacial score (nSPS) is 10.3. The van der Waals surface area contributed by atoms with Gasteiger partial charge in [-0.3, -0.25) is 4.57 Å². The molecule has 0 N–H and O–H groups in total. The maximum atomic E-state index is 13.2. The largest absolute Gasteiger partial charge is 0.298 e. The van der Waals surface area contributed by atoms with Crippen LogP contribution >= 0.6 is 0 Å². The number of para-hydroxylation sites is 1. The number of halogens is 2. The molecule has 2 nitrogen and oxygen atoms in total. The quantitative estimate of drug-likeness (QED) is 0.210. The van der Waals surface area contributed by atoms with Crippen LogP contribution in [0.5, 0.6) is 0 Å². The first-order chi connectivity index (χ1) is 20.1. The molecular formula is C37H22F2N2. The molecule has 0 unspecified atom stereocenters. The number of hydrogen-bond acceptors (Lipinski definition) is 1. The van der Waals surface area contributed by atoms with Crippen molar-refractivity contribution in [2.75, 3.05) is 0 Å². The Bertz CT molecular complexity index is 1910. The average molecular weight is 533 g/mol. The molecule has 4 heteroatoms. The highest BCUT2D eigenvalue weighted by atomic mass is 19.1. The molecule has 0 fully saturated rings. The van der Waals surface area contributed by atoms with Crippen LogP contribution in [-0.2, 0) is 0 Å². The highest BCUT2D eigenvalue weighted by molar-refractivity contribution is 5.80. The fourth-order valence-electron chi connectivity index (χ4n) is 4.40. The third-order valence-electron chi connectivity index (χ3n) is 6.51. The van der Waals surface area contributed by atoms with Crippen LogP contribution in [0.25, 0.3) is 28.2 Å². The fraction of sp³-hybridized carbons (Fsp3) is 0. The molecule has 0 atom stereocenters. The van der Waals surface area contributed by atoms with E-state index < -0.39 is 0 Å². The zero-order valence-electron chi connectivity index (χ0n) is 21.9. The van der Waals surface area contributed by atoms with Gasteiger partial charge in [-0.05, 0) is 84.9 Å². The molecule has 0 aliphatic heterocycles. The summed E-state index contributed by atoms with van der Waals surface area (Å²) < 4.78 is 28.5. The van der Waals surface area contributed by atoms with Gasteiger partial charge in [-0.15, -0.1) is 0 Å². The summed E-state index contributed by atoms with van der Waals surface area (Å²) in [5, 5.41) is 0. The van der Waals surface area contributed by atoms with Gasteiger partial charge in [0.2, 0.25) is 0 Å². The molecule has 0 spiro atoms. The third kappa shape index (κ3) is 5.98. The van der Waals surface area contributed by atoms with Gasteiger partial charge in [-0.2, -0.15) is 0 Å². The van der Waals surface area contributed by atoms with Crippen molar-refractivity contribution in [3.8, 4) is 51.9 Å². The lowest BCUT2D eigenvalue weighted by Crippen LogP contribution is -1.96. The SMILES string of the molecule is Fc1ccc(C#Cc2ccc(-c3ncn(-c4ccccc4)c3-c3ccc(C#Cc4ccc(F)cc4)cc3)cc2)cc1. The molecule has 0 saturated heterocycles. The van der Waals surface area contributed by atoms with Crippen molar-refractivity contribution in [3.63, 3.8) is 0 Å². The molecule has 0 radical (unpaired) electrons. The van der Waals surface area contributed by atoms with Crippen molar-refractivity contribution in [3.05, 3.63) is 168 Å². The number of benzene rings is 5. The van der Waals surface area contributed by atoms with Crippen LogP contribution in [0.15, 0.2) is 134 Å². The van der Waals surface area contributed by atoms with E-state index in [9.17, 15) is 8.78 Å². The lowest BCUT2D eigenvalue weighted by molar-refractivity contribution is 0.627. The van der Waals surface area contributed by atoms with Gasteiger partial charge >= 0.3 is 0 Å². The number of rotatable bonds is 3. The number of imidazole rings is 1. The van der Waals surface area contributed by atoms with Crippen LogP contribution in [0.2, 0.25) is 0 Å². The second-order valence-electron chi connectivity index (χ2n) is 9.32. The van der Waals surface area contributed by atoms with Gasteiger partial charge in [0.1, 0.15) is 18.0 Å². The van der Waals surface area contributed by atoms with Crippen molar-refractivity contribution >= 4 is 0 Å². The zero-order valence-corrected chi connectivity index (χ0v) is 21.9. The molecule has 1 aromatic heterocycles. The fourth-order valence-corrected chi connectivity index (χ4v) is 4.40. The van der Waals surface area contributed by atoms with Crippen LogP contribution in [-0.4, -0.2) is 9.55 Å². The minimum atomic E-state index is -0.279. The second-order valence-corrected chi connectivity index (χ2v) is 9.32. The lowest BCUT2D eigenvalue weighted by Gasteiger charge is -2.11. The number of nitrogens with zero attached hydrogens (tertiary/aromatic N) is 2. The van der Waals surface area contributed by atoms with Crippen molar-refractivity contribution in [2.45, 2.75) is 0 Å². The summed E-state index contributed by atoms with van der Waals surface area (Å²) in [7, 11) is 0. The van der Waals surface area contributed by atoms with Crippen molar-refractivity contribution in [1.82, 2.24) is 9.55 Å². The molecule has 0 amide bonds. The van der Waals surface area contributed by atoms with Crippen molar-refractivity contribution in [2.24, 2.45) is 0 Å². The summed E-state index contributed by atoms with van der Waals surface area (Å²) in [5.41, 5.74) is 7.98. The molecule has 5 aromatic carbocycles. The van der Waals surface area contributed by atoms with Gasteiger partial charge in [0.05, 0.1) is 11.4 Å². The first kappa shape index (κ1) is 25.6. The van der Waals surface area contributed by atoms with Gasteiger partial charge in [0.15, 0.2) is 0 Å². The van der Waals surface area contributed by atoms with E-state index >= 15 is 0 Å². The van der Waals surface area contributed by atoms with Gasteiger partial charge in [-0.25, -0.2) is 13.8 Å². The van der Waals surface area contributed by atoms with E-state index in [-0.39, 0.29) is 11.6 Å². The Morgan fingerprint density at radius 2 is 0.878 bits per heavy atom. The lowest BCUT2D eigenvalue weighted by atomic mass is 10.0. The zero-order chi connectivity index (χ0) is 28.0. The summed E-state index contributed by atoms with van der Waals surface area (Å²) in [6.45, 7) is 0. The average Bonchev–Trinajstić information content (AvgIpc) is 3.47. The molecule has 0 aliphatic rings. The molecule has 6 aromatic rings. The molecular weight excluding hydrogens is 510 g/mol. The highest BCUT2D eigenvalue weighted by Crippen LogP contribution is 2.33. The van der Waals surface area contributed by atoms with E-state index in [2.05, 4.69) is 28.2 Å². The standard InChI is InChI=1S/C37H22F2N2/c38-33-22-14-29(15-23-33)8-6-27-10-18-31(19-11-27)36-37(41(26-40-36)35-4-2-1-3-5-35)32-20-12-28(13-21-32)7-9-30-16-24-34(39)25-17-30/h1-5,10-26H. The van der Waals surface area contributed by atoms with Gasteiger partial charge in [0, 0.05) is 39.1 Å². The monoisotopic (exact) mass is 532 g/mol. The third-order valence-corrected chi connectivity index (χ3v) is 6.51. The molecule has 194 valence electrons. The predicted octanol–water partition coefficient (Wildman–Crippen LogP) is 8.28. The highest BCUT2D eigenvalue weighted by Gasteiger charge is 2.16. The smallest absolute Gasteiger partial charge is 0.123 e. The van der Waals surface area contributed by atoms with E-state index in [0.717, 1.165) is 50.5 Å². The Balaban J connectivity index is 1.33. The molecule has 0 aliphatic carbocycles. The minimum absolute atomic E-state index is 0.279. The summed E-state index contributed by atoms with van der Waals surface area (Å²) in [6, 6.07) is 38.4. The van der Waals surface area contributed by atoms with E-state index in [4.69, 9.17) is 4.98 Å². The summed E-state index contributed by atoms with van der Waals surface area (Å²) in [5.74, 6) is 11.9. The van der Waals surface area contributed by atoms with Crippen LogP contribution in [0.1, 0.15) is 22.3 Å². The van der Waals surface area contributed by atoms with Crippen molar-refractivity contribution < 1.29 is 8.78 Å². The Kier molecular flexibility index (Phi) is 7.22. The molecule has 1 heterocycles. The summed E-state index contributed by atoms with van der Waals surface area (Å²) >= 11 is 0. The molecule has 6 rings (SSSR count). The van der Waals surface area contributed by atoms with Crippen LogP contribution in [0, 0.1) is 35.3 Å². The van der Waals surface area contributed by atoms with Gasteiger partial charge in [-0.1, -0.05) is 66.1 Å². The molecule has 41 heavy (non-hydrogen) atoms. The Labute approximate surface area is 237 Å². The van der Waals surface area contributed by atoms with E-state index in [0.29, 0.717) is 0 Å². The maximum absolute atomic E-state index is 13.2. The summed E-state index contributed by atoms with van der Waals surface area (Å²) in [4.78, 5) is 4.81. The summed E-state index contributed by atoms with van der Waals surface area (Å²) in [6.07, 6.45) is 1.84. The Morgan fingerprint density at radius 3 is 1.34 bits per heavy atom. The van der Waals surface area contributed by atoms with Gasteiger partial charge < -0.3 is 0 Å². The van der Waals surface area contributed by atoms with Gasteiger partial charge in [0.25, 0.3) is 0 Å². The van der Waals surface area contributed by atoms with E-state index in [1.165, 1.54) is 24.3 Å². The first-order valence-corrected chi connectivity index (χ1v) is 13.0. The van der Waals surface area contributed by atoms with E-state index in [1.807, 2.05) is 85.2 Å². The predicted molar refractivity (Wildman–Crippen MR) is 159 cm³/mol. The maximum Gasteiger partial charge on any atom is 0.123 e. The second kappa shape index (κ2) is 11.6. The Morgan fingerprint density at radius 1 is 0.463 bits per heavy atom. The Hall–Kier alpha value is -5.71. The van der Waals surface area contributed by atoms with Crippen LogP contribution in [0.3, 0.4) is 0 Å². The number of aromatic nitrogens is 2. The van der Waals surface area contributed by atoms with Crippen molar-refractivity contribution in [1.29, 1.82) is 0 Å². The molecule has 0 bridgehead atoms. The topological polar surface area (TPSA) is 17.8 Å². The minimum Gasteiger partial charge on any atom is -0.298 e. The molecule has 0 saturated carbocycles. The van der Waals surface area contributed by atoms with E-state index in [1.54, 1.807) is 24.3 Å². The first-order valence-electron chi connectivity index (χ1n) is 13.0.